The average Bonchev–Trinajstić information content (AvgIpc) is 3.11. The van der Waals surface area contributed by atoms with Crippen molar-refractivity contribution in [3.8, 4) is 11.5 Å². The van der Waals surface area contributed by atoms with E-state index in [9.17, 15) is 5.11 Å². The molecule has 3 aromatic carbocycles. The standard InChI is InChI=1S/C24H23ClN2O3/c1-29-22-8-4-5-9-23(22)30-16-19(28)15-27-21-7-3-2-6-20(21)26-24(27)14-17-10-12-18(25)13-11-17/h2-13,19,28H,14-16H2,1H3/t19-/m0/s1. The summed E-state index contributed by atoms with van der Waals surface area (Å²) in [7, 11) is 1.60. The Bertz CT molecular complexity index is 1120. The van der Waals surface area contributed by atoms with Crippen LogP contribution in [-0.2, 0) is 13.0 Å². The Kier molecular flexibility index (Phi) is 6.21. The molecule has 0 saturated carbocycles. The van der Waals surface area contributed by atoms with Crippen LogP contribution in [0.15, 0.2) is 72.8 Å². The van der Waals surface area contributed by atoms with Gasteiger partial charge < -0.3 is 19.1 Å². The van der Waals surface area contributed by atoms with E-state index in [1.807, 2.05) is 72.8 Å². The summed E-state index contributed by atoms with van der Waals surface area (Å²) in [6.07, 6.45) is -0.0668. The predicted molar refractivity (Wildman–Crippen MR) is 118 cm³/mol. The molecule has 30 heavy (non-hydrogen) atoms. The summed E-state index contributed by atoms with van der Waals surface area (Å²) in [4.78, 5) is 4.79. The van der Waals surface area contributed by atoms with Crippen LogP contribution in [0.2, 0.25) is 5.02 Å². The molecule has 0 aliphatic carbocycles. The molecule has 4 rings (SSSR count). The molecule has 0 saturated heterocycles. The predicted octanol–water partition coefficient (Wildman–Crippen LogP) is 4.73. The molecule has 0 fully saturated rings. The van der Waals surface area contributed by atoms with Gasteiger partial charge in [-0.25, -0.2) is 4.98 Å². The van der Waals surface area contributed by atoms with Crippen LogP contribution in [0.25, 0.3) is 11.0 Å². The van der Waals surface area contributed by atoms with Crippen LogP contribution in [0, 0.1) is 0 Å². The zero-order chi connectivity index (χ0) is 20.9. The van der Waals surface area contributed by atoms with Crippen LogP contribution in [0.3, 0.4) is 0 Å². The van der Waals surface area contributed by atoms with Gasteiger partial charge in [0.2, 0.25) is 0 Å². The van der Waals surface area contributed by atoms with Gasteiger partial charge in [0.15, 0.2) is 11.5 Å². The highest BCUT2D eigenvalue weighted by Crippen LogP contribution is 2.26. The van der Waals surface area contributed by atoms with E-state index in [0.29, 0.717) is 29.5 Å². The topological polar surface area (TPSA) is 56.5 Å². The molecule has 6 heteroatoms. The lowest BCUT2D eigenvalue weighted by molar-refractivity contribution is 0.0913. The number of hydrogen-bond acceptors (Lipinski definition) is 4. The summed E-state index contributed by atoms with van der Waals surface area (Å²) in [6.45, 7) is 0.520. The van der Waals surface area contributed by atoms with Crippen molar-refractivity contribution in [2.24, 2.45) is 0 Å². The van der Waals surface area contributed by atoms with Gasteiger partial charge >= 0.3 is 0 Å². The van der Waals surface area contributed by atoms with Crippen molar-refractivity contribution in [3.63, 3.8) is 0 Å². The van der Waals surface area contributed by atoms with E-state index in [1.54, 1.807) is 7.11 Å². The van der Waals surface area contributed by atoms with E-state index < -0.39 is 6.10 Å². The maximum absolute atomic E-state index is 10.7. The van der Waals surface area contributed by atoms with Gasteiger partial charge in [-0.2, -0.15) is 0 Å². The molecular formula is C24H23ClN2O3. The minimum absolute atomic E-state index is 0.146. The fraction of sp³-hybridized carbons (Fsp3) is 0.208. The second-order valence-electron chi connectivity index (χ2n) is 7.05. The second kappa shape index (κ2) is 9.20. The lowest BCUT2D eigenvalue weighted by Crippen LogP contribution is -2.24. The number of fused-ring (bicyclic) bond motifs is 1. The Balaban J connectivity index is 1.54. The minimum Gasteiger partial charge on any atom is -0.493 e. The van der Waals surface area contributed by atoms with Gasteiger partial charge in [-0.15, -0.1) is 0 Å². The molecule has 0 unspecified atom stereocenters. The number of halogens is 1. The highest BCUT2D eigenvalue weighted by atomic mass is 35.5. The fourth-order valence-electron chi connectivity index (χ4n) is 3.44. The molecule has 1 heterocycles. The Hall–Kier alpha value is -3.02. The Morgan fingerprint density at radius 3 is 2.43 bits per heavy atom. The highest BCUT2D eigenvalue weighted by Gasteiger charge is 2.16. The van der Waals surface area contributed by atoms with Crippen molar-refractivity contribution in [2.45, 2.75) is 19.1 Å². The van der Waals surface area contributed by atoms with E-state index in [2.05, 4.69) is 4.57 Å². The summed E-state index contributed by atoms with van der Waals surface area (Å²) >= 11 is 6.01. The van der Waals surface area contributed by atoms with Crippen molar-refractivity contribution >= 4 is 22.6 Å². The number of rotatable bonds is 8. The number of methoxy groups -OCH3 is 1. The maximum Gasteiger partial charge on any atom is 0.161 e. The van der Waals surface area contributed by atoms with Crippen LogP contribution in [0.4, 0.5) is 0 Å². The highest BCUT2D eigenvalue weighted by molar-refractivity contribution is 6.30. The maximum atomic E-state index is 10.7. The Labute approximate surface area is 180 Å². The third-order valence-electron chi connectivity index (χ3n) is 4.90. The number of aromatic nitrogens is 2. The summed E-state index contributed by atoms with van der Waals surface area (Å²) in [6, 6.07) is 23.1. The molecule has 1 N–H and O–H groups in total. The Morgan fingerprint density at radius 2 is 1.67 bits per heavy atom. The van der Waals surface area contributed by atoms with Gasteiger partial charge in [0.25, 0.3) is 0 Å². The summed E-state index contributed by atoms with van der Waals surface area (Å²) < 4.78 is 13.2. The van der Waals surface area contributed by atoms with Crippen molar-refractivity contribution in [1.82, 2.24) is 9.55 Å². The molecule has 0 spiro atoms. The average molecular weight is 423 g/mol. The molecule has 0 aliphatic heterocycles. The van der Waals surface area contributed by atoms with E-state index >= 15 is 0 Å². The number of ether oxygens (including phenoxy) is 2. The number of nitrogens with zero attached hydrogens (tertiary/aromatic N) is 2. The number of para-hydroxylation sites is 4. The normalized spacial score (nSPS) is 12.1. The molecule has 5 nitrogen and oxygen atoms in total. The molecule has 1 aromatic heterocycles. The van der Waals surface area contributed by atoms with Gasteiger partial charge in [0, 0.05) is 11.4 Å². The van der Waals surface area contributed by atoms with Crippen LogP contribution in [-0.4, -0.2) is 34.5 Å². The molecule has 0 radical (unpaired) electrons. The van der Waals surface area contributed by atoms with Crippen LogP contribution >= 0.6 is 11.6 Å². The largest absolute Gasteiger partial charge is 0.493 e. The molecular weight excluding hydrogens is 400 g/mol. The lowest BCUT2D eigenvalue weighted by Gasteiger charge is -2.17. The summed E-state index contributed by atoms with van der Waals surface area (Å²) in [5.41, 5.74) is 2.99. The summed E-state index contributed by atoms with van der Waals surface area (Å²) in [5.74, 6) is 2.13. The van der Waals surface area contributed by atoms with Gasteiger partial charge in [-0.1, -0.05) is 48.0 Å². The molecule has 0 aliphatic rings. The number of aliphatic hydroxyl groups excluding tert-OH is 1. The first-order valence-corrected chi connectivity index (χ1v) is 10.1. The van der Waals surface area contributed by atoms with Gasteiger partial charge in [0.1, 0.15) is 18.5 Å². The van der Waals surface area contributed by atoms with Gasteiger partial charge in [-0.3, -0.25) is 0 Å². The van der Waals surface area contributed by atoms with Crippen molar-refractivity contribution in [3.05, 3.63) is 89.2 Å². The molecule has 154 valence electrons. The smallest absolute Gasteiger partial charge is 0.161 e. The lowest BCUT2D eigenvalue weighted by atomic mass is 10.1. The molecule has 4 aromatic rings. The first-order valence-electron chi connectivity index (χ1n) is 9.76. The number of hydrogen-bond donors (Lipinski definition) is 1. The fourth-order valence-corrected chi connectivity index (χ4v) is 3.56. The van der Waals surface area contributed by atoms with Crippen molar-refractivity contribution in [1.29, 1.82) is 0 Å². The quantitative estimate of drug-likeness (QED) is 0.446. The zero-order valence-electron chi connectivity index (χ0n) is 16.7. The van der Waals surface area contributed by atoms with Crippen molar-refractivity contribution < 1.29 is 14.6 Å². The molecule has 1 atom stereocenters. The third-order valence-corrected chi connectivity index (χ3v) is 5.15. The third kappa shape index (κ3) is 4.58. The number of aliphatic hydroxyl groups is 1. The molecule has 0 bridgehead atoms. The van der Waals surface area contributed by atoms with E-state index in [4.69, 9.17) is 26.1 Å². The number of imidazole rings is 1. The Morgan fingerprint density at radius 1 is 0.967 bits per heavy atom. The SMILES string of the molecule is COc1ccccc1OC[C@@H](O)Cn1c(Cc2ccc(Cl)cc2)nc2ccccc21. The van der Waals surface area contributed by atoms with Crippen LogP contribution in [0.1, 0.15) is 11.4 Å². The summed E-state index contributed by atoms with van der Waals surface area (Å²) in [5, 5.41) is 11.4. The van der Waals surface area contributed by atoms with Crippen LogP contribution < -0.4 is 9.47 Å². The number of benzene rings is 3. The minimum atomic E-state index is -0.712. The first kappa shape index (κ1) is 20.3. The van der Waals surface area contributed by atoms with Crippen molar-refractivity contribution in [2.75, 3.05) is 13.7 Å². The van der Waals surface area contributed by atoms with E-state index in [0.717, 1.165) is 22.4 Å². The molecule has 0 amide bonds. The van der Waals surface area contributed by atoms with Gasteiger partial charge in [-0.05, 0) is 42.0 Å². The monoisotopic (exact) mass is 422 g/mol. The second-order valence-corrected chi connectivity index (χ2v) is 7.48. The van der Waals surface area contributed by atoms with E-state index in [1.165, 1.54) is 0 Å². The first-order chi connectivity index (χ1) is 14.6. The zero-order valence-corrected chi connectivity index (χ0v) is 17.4. The van der Waals surface area contributed by atoms with Crippen LogP contribution in [0.5, 0.6) is 11.5 Å². The van der Waals surface area contributed by atoms with E-state index in [-0.39, 0.29) is 6.61 Å². The van der Waals surface area contributed by atoms with Gasteiger partial charge in [0.05, 0.1) is 24.7 Å².